The first-order valence-electron chi connectivity index (χ1n) is 13.5. The number of Topliss-reactive ketones (excluding diaryl/α,β-unsaturated/α-hetero) is 2. The molecule has 3 fully saturated rings. The largest absolute Gasteiger partial charge is 0.393 e. The Morgan fingerprint density at radius 2 is 1.64 bits per heavy atom. The van der Waals surface area contributed by atoms with Gasteiger partial charge in [-0.3, -0.25) is 9.59 Å². The van der Waals surface area contributed by atoms with Gasteiger partial charge in [-0.2, -0.15) is 0 Å². The molecule has 4 aliphatic rings. The van der Waals surface area contributed by atoms with Crippen LogP contribution in [0.15, 0.2) is 23.8 Å². The van der Waals surface area contributed by atoms with Gasteiger partial charge in [0, 0.05) is 29.6 Å². The zero-order valence-corrected chi connectivity index (χ0v) is 23.3. The van der Waals surface area contributed by atoms with Crippen molar-refractivity contribution in [3.63, 3.8) is 0 Å². The summed E-state index contributed by atoms with van der Waals surface area (Å²) < 4.78 is 0. The smallest absolute Gasteiger partial charge is 0.162 e. The molecule has 4 rings (SSSR count). The number of hydrogen-bond donors (Lipinski definition) is 4. The Morgan fingerprint density at radius 1 is 1.03 bits per heavy atom. The van der Waals surface area contributed by atoms with Crippen molar-refractivity contribution < 1.29 is 30.0 Å². The van der Waals surface area contributed by atoms with Crippen LogP contribution in [0.2, 0.25) is 0 Å². The molecule has 3 saturated carbocycles. The summed E-state index contributed by atoms with van der Waals surface area (Å²) in [5, 5.41) is 43.8. The first-order chi connectivity index (χ1) is 16.2. The third-order valence-electron chi connectivity index (χ3n) is 11.2. The molecule has 0 aromatic carbocycles. The second-order valence-electron chi connectivity index (χ2n) is 14.4. The average Bonchev–Trinajstić information content (AvgIpc) is 2.91. The van der Waals surface area contributed by atoms with E-state index in [9.17, 15) is 30.0 Å². The van der Waals surface area contributed by atoms with Crippen LogP contribution in [0.3, 0.4) is 0 Å². The van der Waals surface area contributed by atoms with Gasteiger partial charge in [-0.1, -0.05) is 58.4 Å². The molecule has 0 bridgehead atoms. The molecule has 0 aliphatic heterocycles. The molecule has 0 radical (unpaired) electrons. The summed E-state index contributed by atoms with van der Waals surface area (Å²) in [6.45, 7) is 15.1. The van der Waals surface area contributed by atoms with Crippen molar-refractivity contribution in [2.24, 2.45) is 39.4 Å². The Hall–Kier alpha value is -1.34. The van der Waals surface area contributed by atoms with Gasteiger partial charge in [0.1, 0.15) is 11.9 Å². The molecule has 4 N–H and O–H groups in total. The van der Waals surface area contributed by atoms with Gasteiger partial charge in [0.2, 0.25) is 0 Å². The van der Waals surface area contributed by atoms with Crippen molar-refractivity contribution in [2.75, 3.05) is 0 Å². The van der Waals surface area contributed by atoms with Crippen molar-refractivity contribution in [3.05, 3.63) is 23.8 Å². The van der Waals surface area contributed by atoms with Crippen molar-refractivity contribution in [1.82, 2.24) is 0 Å². The van der Waals surface area contributed by atoms with Crippen molar-refractivity contribution in [3.8, 4) is 0 Å². The number of allylic oxidation sites excluding steroid dienone is 1. The number of ketones is 2. The first-order valence-corrected chi connectivity index (χ1v) is 13.5. The minimum Gasteiger partial charge on any atom is -0.393 e. The minimum atomic E-state index is -1.27. The lowest BCUT2D eigenvalue weighted by atomic mass is 9.38. The summed E-state index contributed by atoms with van der Waals surface area (Å²) in [6.07, 6.45) is 5.48. The van der Waals surface area contributed by atoms with Crippen LogP contribution in [0.25, 0.3) is 0 Å². The third-order valence-corrected chi connectivity index (χ3v) is 11.2. The first kappa shape index (κ1) is 27.7. The van der Waals surface area contributed by atoms with Crippen LogP contribution in [0.4, 0.5) is 0 Å². The number of hydrogen-bond acceptors (Lipinski definition) is 6. The zero-order chi connectivity index (χ0) is 27.3. The molecule has 0 saturated heterocycles. The van der Waals surface area contributed by atoms with Gasteiger partial charge < -0.3 is 20.4 Å². The number of aliphatic hydroxyl groups is 4. The summed E-state index contributed by atoms with van der Waals surface area (Å²) in [5.74, 6) is -0.994. The summed E-state index contributed by atoms with van der Waals surface area (Å²) in [6, 6.07) is 0. The van der Waals surface area contributed by atoms with Crippen LogP contribution in [-0.4, -0.2) is 55.4 Å². The standard InChI is InChI=1S/C30H46O6/c1-25(2,35)12-9-13-29(7,36)23-20(32)15-27(5)21-11-10-17-18(14-19(31)24(34)26(17,3)4)30(21,8)22(33)16-28(23,27)6/h9-10,12,18,20-21,23-24,32,34-36H,11,13-16H2,1-8H3/b12-9+/t18-,20-,21+,23+,24+,27+,28-,29+,30+/m1/s1. The topological polar surface area (TPSA) is 115 Å². The SMILES string of the molecule is CC(C)(O)/C=C/C[C@](C)(O)[C@H]1[C@H](O)C[C@@]2(C)[C@@H]3CC=C4[C@@H](CC(=O)[C@H](O)C4(C)C)[C@]3(C)C(=O)C[C@]12C. The maximum Gasteiger partial charge on any atom is 0.162 e. The van der Waals surface area contributed by atoms with Crippen LogP contribution in [0.1, 0.15) is 87.5 Å². The summed E-state index contributed by atoms with van der Waals surface area (Å²) in [7, 11) is 0. The van der Waals surface area contributed by atoms with Gasteiger partial charge >= 0.3 is 0 Å². The van der Waals surface area contributed by atoms with Gasteiger partial charge in [-0.25, -0.2) is 0 Å². The lowest BCUT2D eigenvalue weighted by molar-refractivity contribution is -0.181. The molecule has 0 amide bonds. The van der Waals surface area contributed by atoms with Gasteiger partial charge in [-0.15, -0.1) is 0 Å². The second-order valence-corrected chi connectivity index (χ2v) is 14.4. The highest BCUT2D eigenvalue weighted by atomic mass is 16.3. The molecule has 0 aromatic heterocycles. The average molecular weight is 503 g/mol. The van der Waals surface area contributed by atoms with Gasteiger partial charge in [0.05, 0.1) is 17.3 Å². The quantitative estimate of drug-likeness (QED) is 0.435. The third kappa shape index (κ3) is 3.65. The monoisotopic (exact) mass is 502 g/mol. The van der Waals surface area contributed by atoms with Gasteiger partial charge in [0.25, 0.3) is 0 Å². The van der Waals surface area contributed by atoms with E-state index >= 15 is 0 Å². The van der Waals surface area contributed by atoms with Crippen LogP contribution < -0.4 is 0 Å². The van der Waals surface area contributed by atoms with E-state index in [-0.39, 0.29) is 42.7 Å². The maximum absolute atomic E-state index is 14.2. The van der Waals surface area contributed by atoms with Crippen LogP contribution in [-0.2, 0) is 9.59 Å². The fourth-order valence-electron chi connectivity index (χ4n) is 9.17. The van der Waals surface area contributed by atoms with Crippen LogP contribution in [0.5, 0.6) is 0 Å². The summed E-state index contributed by atoms with van der Waals surface area (Å²) in [5.41, 5.74) is -3.83. The number of rotatable bonds is 4. The van der Waals surface area contributed by atoms with E-state index in [1.807, 2.05) is 20.8 Å². The molecule has 9 atom stereocenters. The van der Waals surface area contributed by atoms with Crippen molar-refractivity contribution >= 4 is 11.6 Å². The Labute approximate surface area is 215 Å². The normalized spacial score (nSPS) is 46.1. The second kappa shape index (κ2) is 8.08. The Bertz CT molecular complexity index is 1010. The van der Waals surface area contributed by atoms with Crippen molar-refractivity contribution in [1.29, 1.82) is 0 Å². The molecular formula is C30H46O6. The fourth-order valence-corrected chi connectivity index (χ4v) is 9.17. The van der Waals surface area contributed by atoms with E-state index in [1.165, 1.54) is 0 Å². The summed E-state index contributed by atoms with van der Waals surface area (Å²) in [4.78, 5) is 27.1. The molecule has 36 heavy (non-hydrogen) atoms. The van der Waals surface area contributed by atoms with E-state index in [1.54, 1.807) is 32.9 Å². The predicted molar refractivity (Wildman–Crippen MR) is 138 cm³/mol. The molecule has 6 nitrogen and oxygen atoms in total. The lowest BCUT2D eigenvalue weighted by Gasteiger charge is -2.64. The zero-order valence-electron chi connectivity index (χ0n) is 23.3. The van der Waals surface area contributed by atoms with Crippen LogP contribution >= 0.6 is 0 Å². The number of aliphatic hydroxyl groups excluding tert-OH is 2. The van der Waals surface area contributed by atoms with E-state index in [0.717, 1.165) is 5.57 Å². The Balaban J connectivity index is 1.77. The number of carbonyl (C=O) groups is 2. The molecule has 202 valence electrons. The highest BCUT2D eigenvalue weighted by Crippen LogP contribution is 2.74. The molecular weight excluding hydrogens is 456 g/mol. The molecule has 0 aromatic rings. The highest BCUT2D eigenvalue weighted by molar-refractivity contribution is 5.92. The molecule has 6 heteroatoms. The fraction of sp³-hybridized carbons (Fsp3) is 0.800. The van der Waals surface area contributed by atoms with Crippen LogP contribution in [0, 0.1) is 39.4 Å². The lowest BCUT2D eigenvalue weighted by Crippen LogP contribution is -2.65. The van der Waals surface area contributed by atoms with Gasteiger partial charge in [-0.05, 0) is 62.7 Å². The van der Waals surface area contributed by atoms with E-state index in [4.69, 9.17) is 0 Å². The number of carbonyl (C=O) groups excluding carboxylic acids is 2. The molecule has 0 spiro atoms. The highest BCUT2D eigenvalue weighted by Gasteiger charge is 2.73. The molecule has 0 heterocycles. The van der Waals surface area contributed by atoms with E-state index in [0.29, 0.717) is 12.8 Å². The van der Waals surface area contributed by atoms with Gasteiger partial charge in [0.15, 0.2) is 5.78 Å². The van der Waals surface area contributed by atoms with E-state index in [2.05, 4.69) is 19.9 Å². The van der Waals surface area contributed by atoms with E-state index < -0.39 is 51.0 Å². The molecule has 4 aliphatic carbocycles. The Kier molecular flexibility index (Phi) is 6.21. The molecule has 0 unspecified atom stereocenters. The Morgan fingerprint density at radius 3 is 2.22 bits per heavy atom. The minimum absolute atomic E-state index is 0.0880. The summed E-state index contributed by atoms with van der Waals surface area (Å²) >= 11 is 0. The van der Waals surface area contributed by atoms with Crippen molar-refractivity contribution in [2.45, 2.75) is 111 Å². The number of fused-ring (bicyclic) bond motifs is 5. The maximum atomic E-state index is 14.2. The predicted octanol–water partition coefficient (Wildman–Crippen LogP) is 3.75.